The Morgan fingerprint density at radius 1 is 1.00 bits per heavy atom. The molecular formula is C22H24F2N2O4. The van der Waals surface area contributed by atoms with Gasteiger partial charge in [0, 0.05) is 28.4 Å². The number of β-amino-alcohol motifs (C(OH)–C–C–N with tert-alkyl or cyclic N) is 1. The van der Waals surface area contributed by atoms with Crippen LogP contribution in [-0.2, 0) is 4.74 Å². The number of rotatable bonds is 1. The van der Waals surface area contributed by atoms with Gasteiger partial charge in [-0.25, -0.2) is 13.6 Å². The average molecular weight is 418 g/mol. The summed E-state index contributed by atoms with van der Waals surface area (Å²) in [6.45, 7) is 5.22. The Labute approximate surface area is 172 Å². The SMILES string of the molecule is CC(C)(C)OC(=O)N1CC(O)C(O)C(n2c3ccc(F)cc3c3cc(F)ccc32)C1. The highest BCUT2D eigenvalue weighted by molar-refractivity contribution is 6.08. The van der Waals surface area contributed by atoms with Gasteiger partial charge in [-0.3, -0.25) is 0 Å². The molecule has 160 valence electrons. The third kappa shape index (κ3) is 3.61. The first-order valence-electron chi connectivity index (χ1n) is 9.78. The summed E-state index contributed by atoms with van der Waals surface area (Å²) in [5, 5.41) is 22.2. The van der Waals surface area contributed by atoms with Gasteiger partial charge in [0.25, 0.3) is 0 Å². The van der Waals surface area contributed by atoms with E-state index in [4.69, 9.17) is 4.74 Å². The van der Waals surface area contributed by atoms with E-state index in [1.165, 1.54) is 29.2 Å². The van der Waals surface area contributed by atoms with Crippen LogP contribution >= 0.6 is 0 Å². The zero-order chi connectivity index (χ0) is 21.8. The molecule has 4 rings (SSSR count). The predicted molar refractivity (Wildman–Crippen MR) is 108 cm³/mol. The van der Waals surface area contributed by atoms with Crippen molar-refractivity contribution in [2.45, 2.75) is 44.6 Å². The molecule has 3 atom stereocenters. The number of ether oxygens (including phenoxy) is 1. The van der Waals surface area contributed by atoms with Gasteiger partial charge < -0.3 is 24.4 Å². The second-order valence-corrected chi connectivity index (χ2v) is 8.70. The Hall–Kier alpha value is -2.71. The van der Waals surface area contributed by atoms with E-state index in [-0.39, 0.29) is 13.1 Å². The minimum atomic E-state index is -1.20. The summed E-state index contributed by atoms with van der Waals surface area (Å²) in [6.07, 6.45) is -2.99. The summed E-state index contributed by atoms with van der Waals surface area (Å²) in [4.78, 5) is 13.9. The molecule has 0 radical (unpaired) electrons. The molecule has 1 saturated heterocycles. The fraction of sp³-hybridized carbons (Fsp3) is 0.409. The number of piperidine rings is 1. The van der Waals surface area contributed by atoms with Crippen molar-refractivity contribution in [1.82, 2.24) is 9.47 Å². The van der Waals surface area contributed by atoms with E-state index in [9.17, 15) is 23.8 Å². The van der Waals surface area contributed by atoms with Gasteiger partial charge in [-0.2, -0.15) is 0 Å². The van der Waals surface area contributed by atoms with Gasteiger partial charge in [-0.1, -0.05) is 0 Å². The molecule has 0 spiro atoms. The van der Waals surface area contributed by atoms with Crippen LogP contribution in [0.25, 0.3) is 21.8 Å². The molecule has 2 heterocycles. The Kier molecular flexibility index (Phi) is 4.94. The fourth-order valence-electron chi connectivity index (χ4n) is 4.06. The number of carbonyl (C=O) groups is 1. The lowest BCUT2D eigenvalue weighted by molar-refractivity contribution is -0.0704. The number of nitrogens with zero attached hydrogens (tertiary/aromatic N) is 2. The molecule has 0 saturated carbocycles. The first kappa shape index (κ1) is 20.6. The van der Waals surface area contributed by atoms with E-state index < -0.39 is 41.6 Å². The maximum Gasteiger partial charge on any atom is 0.410 e. The van der Waals surface area contributed by atoms with Gasteiger partial charge in [-0.15, -0.1) is 0 Å². The number of aliphatic hydroxyl groups is 2. The third-order valence-electron chi connectivity index (χ3n) is 5.31. The molecule has 1 aliphatic rings. The molecule has 1 aliphatic heterocycles. The van der Waals surface area contributed by atoms with Crippen LogP contribution in [0.15, 0.2) is 36.4 Å². The zero-order valence-corrected chi connectivity index (χ0v) is 17.0. The van der Waals surface area contributed by atoms with E-state index >= 15 is 0 Å². The lowest BCUT2D eigenvalue weighted by Crippen LogP contribution is -2.55. The Balaban J connectivity index is 1.84. The number of likely N-dealkylation sites (tertiary alicyclic amines) is 1. The van der Waals surface area contributed by atoms with Crippen molar-refractivity contribution in [3.8, 4) is 0 Å². The summed E-state index contributed by atoms with van der Waals surface area (Å²) < 4.78 is 35.0. The summed E-state index contributed by atoms with van der Waals surface area (Å²) >= 11 is 0. The van der Waals surface area contributed by atoms with Gasteiger partial charge in [-0.05, 0) is 57.2 Å². The number of aromatic nitrogens is 1. The van der Waals surface area contributed by atoms with Crippen LogP contribution < -0.4 is 0 Å². The zero-order valence-electron chi connectivity index (χ0n) is 17.0. The van der Waals surface area contributed by atoms with Crippen molar-refractivity contribution in [2.24, 2.45) is 0 Å². The van der Waals surface area contributed by atoms with Crippen molar-refractivity contribution >= 4 is 27.9 Å². The van der Waals surface area contributed by atoms with Gasteiger partial charge in [0.05, 0.1) is 18.7 Å². The molecule has 30 heavy (non-hydrogen) atoms. The van der Waals surface area contributed by atoms with Crippen molar-refractivity contribution in [2.75, 3.05) is 13.1 Å². The largest absolute Gasteiger partial charge is 0.444 e. The van der Waals surface area contributed by atoms with Crippen LogP contribution in [0.5, 0.6) is 0 Å². The molecule has 1 amide bonds. The van der Waals surface area contributed by atoms with Gasteiger partial charge >= 0.3 is 6.09 Å². The summed E-state index contributed by atoms with van der Waals surface area (Å²) in [5.74, 6) is -0.934. The maximum atomic E-state index is 13.9. The second kappa shape index (κ2) is 7.21. The highest BCUT2D eigenvalue weighted by atomic mass is 19.1. The molecule has 2 N–H and O–H groups in total. The Morgan fingerprint density at radius 2 is 1.53 bits per heavy atom. The maximum absolute atomic E-state index is 13.9. The highest BCUT2D eigenvalue weighted by Gasteiger charge is 2.40. The number of amides is 1. The van der Waals surface area contributed by atoms with Crippen LogP contribution in [0.2, 0.25) is 0 Å². The molecule has 8 heteroatoms. The van der Waals surface area contributed by atoms with Gasteiger partial charge in [0.1, 0.15) is 23.3 Å². The number of fused-ring (bicyclic) bond motifs is 3. The van der Waals surface area contributed by atoms with Crippen LogP contribution in [-0.4, -0.2) is 56.7 Å². The van der Waals surface area contributed by atoms with Crippen molar-refractivity contribution in [1.29, 1.82) is 0 Å². The smallest absolute Gasteiger partial charge is 0.410 e. The first-order valence-corrected chi connectivity index (χ1v) is 9.78. The molecule has 0 aliphatic carbocycles. The molecule has 2 aromatic carbocycles. The van der Waals surface area contributed by atoms with E-state index in [0.29, 0.717) is 21.8 Å². The van der Waals surface area contributed by atoms with E-state index in [0.717, 1.165) is 0 Å². The number of halogens is 2. The normalized spacial score (nSPS) is 22.6. The molecule has 1 aromatic heterocycles. The minimum Gasteiger partial charge on any atom is -0.444 e. The number of hydrogen-bond donors (Lipinski definition) is 2. The average Bonchev–Trinajstić information content (AvgIpc) is 2.95. The summed E-state index contributed by atoms with van der Waals surface area (Å²) in [5.41, 5.74) is 0.425. The van der Waals surface area contributed by atoms with E-state index in [1.807, 2.05) is 0 Å². The lowest BCUT2D eigenvalue weighted by Gasteiger charge is -2.40. The van der Waals surface area contributed by atoms with Crippen molar-refractivity contribution in [3.05, 3.63) is 48.0 Å². The number of hydrogen-bond acceptors (Lipinski definition) is 4. The summed E-state index contributed by atoms with van der Waals surface area (Å²) in [7, 11) is 0. The molecular weight excluding hydrogens is 394 g/mol. The van der Waals surface area contributed by atoms with Gasteiger partial charge in [0.2, 0.25) is 0 Å². The first-order chi connectivity index (χ1) is 14.0. The number of benzene rings is 2. The monoisotopic (exact) mass is 418 g/mol. The highest BCUT2D eigenvalue weighted by Crippen LogP contribution is 2.36. The molecule has 1 fully saturated rings. The Bertz CT molecular complexity index is 1060. The van der Waals surface area contributed by atoms with Crippen LogP contribution in [0.1, 0.15) is 26.8 Å². The molecule has 3 aromatic rings. The predicted octanol–water partition coefficient (Wildman–Crippen LogP) is 3.59. The fourth-order valence-corrected chi connectivity index (χ4v) is 4.06. The third-order valence-corrected chi connectivity index (χ3v) is 5.31. The van der Waals surface area contributed by atoms with E-state index in [2.05, 4.69) is 0 Å². The van der Waals surface area contributed by atoms with Crippen molar-refractivity contribution < 1.29 is 28.5 Å². The van der Waals surface area contributed by atoms with Crippen LogP contribution in [0.4, 0.5) is 13.6 Å². The lowest BCUT2D eigenvalue weighted by atomic mass is 9.99. The minimum absolute atomic E-state index is 0.0702. The standard InChI is InChI=1S/C22H24F2N2O4/c1-22(2,3)30-21(29)25-10-18(20(28)19(27)11-25)26-16-6-4-12(23)8-14(16)15-9-13(24)5-7-17(15)26/h4-9,18-20,27-28H,10-11H2,1-3H3. The van der Waals surface area contributed by atoms with E-state index in [1.54, 1.807) is 37.5 Å². The Morgan fingerprint density at radius 3 is 2.03 bits per heavy atom. The van der Waals surface area contributed by atoms with Crippen LogP contribution in [0, 0.1) is 11.6 Å². The second-order valence-electron chi connectivity index (χ2n) is 8.70. The topological polar surface area (TPSA) is 74.9 Å². The van der Waals surface area contributed by atoms with Gasteiger partial charge in [0.15, 0.2) is 0 Å². The molecule has 0 bridgehead atoms. The number of carbonyl (C=O) groups excluding carboxylic acids is 1. The number of aliphatic hydroxyl groups excluding tert-OH is 2. The van der Waals surface area contributed by atoms with Crippen LogP contribution in [0.3, 0.4) is 0 Å². The van der Waals surface area contributed by atoms with Crippen molar-refractivity contribution in [3.63, 3.8) is 0 Å². The molecule has 3 unspecified atom stereocenters. The molecule has 6 nitrogen and oxygen atoms in total. The quantitative estimate of drug-likeness (QED) is 0.634. The summed E-state index contributed by atoms with van der Waals surface area (Å²) in [6, 6.07) is 7.55.